The first-order valence-electron chi connectivity index (χ1n) is 3.76. The number of allylic oxidation sites excluding steroid dienone is 1. The Hall–Kier alpha value is -0.960. The Morgan fingerprint density at radius 1 is 1.92 bits per heavy atom. The van der Waals surface area contributed by atoms with Crippen molar-refractivity contribution in [3.05, 3.63) is 23.9 Å². The number of anilines is 1. The van der Waals surface area contributed by atoms with Gasteiger partial charge in [-0.3, -0.25) is 4.68 Å². The molecule has 0 saturated carbocycles. The van der Waals surface area contributed by atoms with Crippen LogP contribution in [-0.2, 0) is 0 Å². The Bertz CT molecular complexity index is 260. The van der Waals surface area contributed by atoms with Crippen LogP contribution in [-0.4, -0.2) is 9.78 Å². The number of nitrogens with two attached hydrogens (primary N) is 1. The first-order valence-corrected chi connectivity index (χ1v) is 4.14. The van der Waals surface area contributed by atoms with Crippen molar-refractivity contribution < 1.29 is 0 Å². The summed E-state index contributed by atoms with van der Waals surface area (Å²) >= 11 is 5.74. The van der Waals surface area contributed by atoms with Crippen molar-refractivity contribution in [2.24, 2.45) is 0 Å². The zero-order chi connectivity index (χ0) is 9.14. The maximum absolute atomic E-state index is 5.74. The molecule has 1 unspecified atom stereocenters. The zero-order valence-electron chi connectivity index (χ0n) is 7.00. The summed E-state index contributed by atoms with van der Waals surface area (Å²) < 4.78 is 1.75. The van der Waals surface area contributed by atoms with Crippen LogP contribution in [0.4, 0.5) is 5.82 Å². The zero-order valence-corrected chi connectivity index (χ0v) is 7.75. The van der Waals surface area contributed by atoms with Crippen LogP contribution in [0.1, 0.15) is 19.4 Å². The van der Waals surface area contributed by atoms with Crippen molar-refractivity contribution in [3.8, 4) is 0 Å². The molecule has 0 aliphatic rings. The lowest BCUT2D eigenvalue weighted by Crippen LogP contribution is -2.04. The van der Waals surface area contributed by atoms with Gasteiger partial charge >= 0.3 is 0 Å². The van der Waals surface area contributed by atoms with Gasteiger partial charge in [-0.15, -0.1) is 6.58 Å². The number of halogens is 1. The molecule has 3 nitrogen and oxygen atoms in total. The average molecular weight is 186 g/mol. The largest absolute Gasteiger partial charge is 0.381 e. The fourth-order valence-electron chi connectivity index (χ4n) is 0.958. The SMILES string of the molecule is C=CCC(C)n1cc(Cl)c(N)n1. The Balaban J connectivity index is 2.80. The van der Waals surface area contributed by atoms with E-state index in [9.17, 15) is 0 Å². The van der Waals surface area contributed by atoms with Gasteiger partial charge < -0.3 is 5.73 Å². The van der Waals surface area contributed by atoms with Crippen molar-refractivity contribution in [2.75, 3.05) is 5.73 Å². The van der Waals surface area contributed by atoms with Crippen molar-refractivity contribution in [1.29, 1.82) is 0 Å². The molecule has 1 atom stereocenters. The summed E-state index contributed by atoms with van der Waals surface area (Å²) in [6.45, 7) is 5.68. The quantitative estimate of drug-likeness (QED) is 0.735. The van der Waals surface area contributed by atoms with Crippen molar-refractivity contribution >= 4 is 17.4 Å². The monoisotopic (exact) mass is 185 g/mol. The molecule has 12 heavy (non-hydrogen) atoms. The summed E-state index contributed by atoms with van der Waals surface area (Å²) in [4.78, 5) is 0. The number of hydrogen-bond donors (Lipinski definition) is 1. The molecule has 0 amide bonds. The lowest BCUT2D eigenvalue weighted by atomic mass is 10.2. The van der Waals surface area contributed by atoms with Gasteiger partial charge in [-0.1, -0.05) is 17.7 Å². The van der Waals surface area contributed by atoms with Gasteiger partial charge in [0.25, 0.3) is 0 Å². The molecule has 1 rings (SSSR count). The third-order valence-electron chi connectivity index (χ3n) is 1.67. The van der Waals surface area contributed by atoms with Crippen LogP contribution in [0.5, 0.6) is 0 Å². The van der Waals surface area contributed by atoms with Crippen molar-refractivity contribution in [1.82, 2.24) is 9.78 Å². The van der Waals surface area contributed by atoms with Crippen LogP contribution in [0.3, 0.4) is 0 Å². The van der Waals surface area contributed by atoms with Gasteiger partial charge in [0.1, 0.15) is 5.02 Å². The third kappa shape index (κ3) is 1.80. The Morgan fingerprint density at radius 2 is 2.58 bits per heavy atom. The van der Waals surface area contributed by atoms with E-state index in [1.807, 2.05) is 13.0 Å². The van der Waals surface area contributed by atoms with E-state index in [2.05, 4.69) is 11.7 Å². The fourth-order valence-corrected chi connectivity index (χ4v) is 1.10. The molecule has 2 N–H and O–H groups in total. The summed E-state index contributed by atoms with van der Waals surface area (Å²) in [5.74, 6) is 0.382. The molecule has 1 aromatic rings. The van der Waals surface area contributed by atoms with Gasteiger partial charge in [-0.05, 0) is 13.3 Å². The highest BCUT2D eigenvalue weighted by Gasteiger charge is 2.07. The lowest BCUT2D eigenvalue weighted by molar-refractivity contribution is 0.498. The highest BCUT2D eigenvalue weighted by atomic mass is 35.5. The Labute approximate surface area is 76.8 Å². The minimum atomic E-state index is 0.261. The molecule has 0 fully saturated rings. The molecule has 0 spiro atoms. The van der Waals surface area contributed by atoms with E-state index in [0.29, 0.717) is 10.8 Å². The van der Waals surface area contributed by atoms with Crippen LogP contribution < -0.4 is 5.73 Å². The van der Waals surface area contributed by atoms with E-state index in [-0.39, 0.29) is 6.04 Å². The van der Waals surface area contributed by atoms with Gasteiger partial charge in [0.15, 0.2) is 5.82 Å². The number of rotatable bonds is 3. The molecule has 0 bridgehead atoms. The second-order valence-electron chi connectivity index (χ2n) is 2.72. The third-order valence-corrected chi connectivity index (χ3v) is 1.96. The smallest absolute Gasteiger partial charge is 0.164 e. The number of aromatic nitrogens is 2. The summed E-state index contributed by atoms with van der Waals surface area (Å²) in [6.07, 6.45) is 4.43. The number of nitrogen functional groups attached to an aromatic ring is 1. The first-order chi connectivity index (χ1) is 5.65. The second-order valence-corrected chi connectivity index (χ2v) is 3.12. The van der Waals surface area contributed by atoms with E-state index < -0.39 is 0 Å². The molecule has 0 aliphatic carbocycles. The molecular weight excluding hydrogens is 174 g/mol. The van der Waals surface area contributed by atoms with Gasteiger partial charge in [-0.25, -0.2) is 0 Å². The predicted molar refractivity (Wildman–Crippen MR) is 51.2 cm³/mol. The van der Waals surface area contributed by atoms with Crippen LogP contribution in [0.15, 0.2) is 18.9 Å². The van der Waals surface area contributed by atoms with E-state index in [1.54, 1.807) is 10.9 Å². The standard InChI is InChI=1S/C8H12ClN3/c1-3-4-6(2)12-5-7(9)8(10)11-12/h3,5-6H,1,4H2,2H3,(H2,10,11). The average Bonchev–Trinajstić information content (AvgIpc) is 2.33. The molecule has 1 aromatic heterocycles. The van der Waals surface area contributed by atoms with E-state index in [4.69, 9.17) is 17.3 Å². The maximum atomic E-state index is 5.74. The normalized spacial score (nSPS) is 12.8. The Kier molecular flexibility index (Phi) is 2.76. The topological polar surface area (TPSA) is 43.8 Å². The molecule has 4 heteroatoms. The number of hydrogen-bond acceptors (Lipinski definition) is 2. The summed E-state index contributed by atoms with van der Waals surface area (Å²) in [5, 5.41) is 4.55. The van der Waals surface area contributed by atoms with Crippen LogP contribution in [0.2, 0.25) is 5.02 Å². The molecule has 66 valence electrons. The highest BCUT2D eigenvalue weighted by Crippen LogP contribution is 2.19. The predicted octanol–water partition coefficient (Wildman–Crippen LogP) is 2.26. The molecule has 0 aromatic carbocycles. The van der Waals surface area contributed by atoms with Gasteiger partial charge in [0, 0.05) is 6.20 Å². The summed E-state index contributed by atoms with van der Waals surface area (Å²) in [5.41, 5.74) is 5.48. The second kappa shape index (κ2) is 3.63. The van der Waals surface area contributed by atoms with Gasteiger partial charge in [-0.2, -0.15) is 5.10 Å². The van der Waals surface area contributed by atoms with Gasteiger partial charge in [0.05, 0.1) is 6.04 Å². The molecular formula is C8H12ClN3. The minimum Gasteiger partial charge on any atom is -0.381 e. The summed E-state index contributed by atoms with van der Waals surface area (Å²) in [7, 11) is 0. The maximum Gasteiger partial charge on any atom is 0.164 e. The van der Waals surface area contributed by atoms with Crippen molar-refractivity contribution in [2.45, 2.75) is 19.4 Å². The summed E-state index contributed by atoms with van der Waals surface area (Å²) in [6, 6.07) is 0.261. The van der Waals surface area contributed by atoms with Crippen LogP contribution in [0.25, 0.3) is 0 Å². The van der Waals surface area contributed by atoms with Gasteiger partial charge in [0.2, 0.25) is 0 Å². The molecule has 0 saturated heterocycles. The minimum absolute atomic E-state index is 0.261. The van der Waals surface area contributed by atoms with E-state index in [0.717, 1.165) is 6.42 Å². The van der Waals surface area contributed by atoms with Crippen LogP contribution in [0, 0.1) is 0 Å². The lowest BCUT2D eigenvalue weighted by Gasteiger charge is -2.07. The Morgan fingerprint density at radius 3 is 3.00 bits per heavy atom. The van der Waals surface area contributed by atoms with E-state index in [1.165, 1.54) is 0 Å². The molecule has 0 aliphatic heterocycles. The molecule has 1 heterocycles. The van der Waals surface area contributed by atoms with E-state index >= 15 is 0 Å². The first kappa shape index (κ1) is 9.13. The molecule has 0 radical (unpaired) electrons. The highest BCUT2D eigenvalue weighted by molar-refractivity contribution is 6.32. The van der Waals surface area contributed by atoms with Crippen LogP contribution >= 0.6 is 11.6 Å². The fraction of sp³-hybridized carbons (Fsp3) is 0.375. The van der Waals surface area contributed by atoms with Crippen molar-refractivity contribution in [3.63, 3.8) is 0 Å². The number of nitrogens with zero attached hydrogens (tertiary/aromatic N) is 2.